The number of amides is 2. The smallest absolute Gasteiger partial charge is 0.337 e. The molecule has 0 heterocycles. The van der Waals surface area contributed by atoms with E-state index in [1.54, 1.807) is 24.3 Å². The van der Waals surface area contributed by atoms with Crippen molar-refractivity contribution in [2.75, 3.05) is 10.6 Å². The lowest BCUT2D eigenvalue weighted by Gasteiger charge is -2.09. The summed E-state index contributed by atoms with van der Waals surface area (Å²) in [5.41, 5.74) is 0.779. The normalized spacial score (nSPS) is 10.3. The fourth-order valence-electron chi connectivity index (χ4n) is 2.34. The van der Waals surface area contributed by atoms with Gasteiger partial charge in [0.1, 0.15) is 0 Å². The molecule has 2 aromatic rings. The summed E-state index contributed by atoms with van der Waals surface area (Å²) in [6.45, 7) is 0. The Hall–Kier alpha value is -2.57. The number of benzene rings is 2. The van der Waals surface area contributed by atoms with Crippen LogP contribution in [0.15, 0.2) is 42.5 Å². The Morgan fingerprint density at radius 1 is 0.815 bits per heavy atom. The third-order valence-corrected chi connectivity index (χ3v) is 4.16. The average Bonchev–Trinajstić information content (AvgIpc) is 2.62. The second kappa shape index (κ2) is 9.94. The lowest BCUT2D eigenvalue weighted by Crippen LogP contribution is -2.15. The summed E-state index contributed by atoms with van der Waals surface area (Å²) in [5, 5.41) is 15.3. The lowest BCUT2D eigenvalue weighted by atomic mass is 10.1. The van der Waals surface area contributed by atoms with Gasteiger partial charge in [0.2, 0.25) is 11.8 Å². The Balaban J connectivity index is 1.74. The van der Waals surface area contributed by atoms with E-state index >= 15 is 0 Å². The topological polar surface area (TPSA) is 95.5 Å². The minimum atomic E-state index is -1.17. The number of aromatic carboxylic acids is 1. The molecule has 0 saturated carbocycles. The van der Waals surface area contributed by atoms with Crippen LogP contribution in [-0.2, 0) is 9.59 Å². The van der Waals surface area contributed by atoms with Crippen molar-refractivity contribution in [1.29, 1.82) is 0 Å². The molecule has 0 radical (unpaired) electrons. The van der Waals surface area contributed by atoms with Gasteiger partial charge in [-0.05, 0) is 55.3 Å². The van der Waals surface area contributed by atoms with Crippen molar-refractivity contribution < 1.29 is 19.5 Å². The van der Waals surface area contributed by atoms with Crippen LogP contribution in [0.4, 0.5) is 11.4 Å². The molecule has 0 fully saturated rings. The second-order valence-electron chi connectivity index (χ2n) is 5.81. The molecule has 0 spiro atoms. The van der Waals surface area contributed by atoms with Crippen LogP contribution in [0.25, 0.3) is 0 Å². The van der Waals surface area contributed by atoms with Crippen molar-refractivity contribution in [2.24, 2.45) is 0 Å². The Kier molecular flexibility index (Phi) is 7.64. The Labute approximate surface area is 166 Å². The quantitative estimate of drug-likeness (QED) is 0.545. The van der Waals surface area contributed by atoms with E-state index in [4.69, 9.17) is 28.3 Å². The van der Waals surface area contributed by atoms with Crippen molar-refractivity contribution in [1.82, 2.24) is 0 Å². The van der Waals surface area contributed by atoms with Crippen LogP contribution in [0.5, 0.6) is 0 Å². The number of halogens is 2. The summed E-state index contributed by atoms with van der Waals surface area (Å²) in [6.07, 6.45) is 1.47. The molecular formula is C19H18Cl2N2O4. The van der Waals surface area contributed by atoms with Crippen LogP contribution in [0.1, 0.15) is 36.0 Å². The number of rotatable bonds is 8. The highest BCUT2D eigenvalue weighted by molar-refractivity contribution is 6.31. The number of hydrogen-bond donors (Lipinski definition) is 3. The molecule has 3 N–H and O–H groups in total. The summed E-state index contributed by atoms with van der Waals surface area (Å²) < 4.78 is 0. The van der Waals surface area contributed by atoms with Gasteiger partial charge in [-0.3, -0.25) is 9.59 Å². The SMILES string of the molecule is O=C(CCCCC(=O)Nc1ccc(Cl)cc1C(=O)O)Nc1ccc(Cl)cc1. The third-order valence-electron chi connectivity index (χ3n) is 3.67. The van der Waals surface area contributed by atoms with Crippen LogP contribution in [0.2, 0.25) is 10.0 Å². The Morgan fingerprint density at radius 2 is 1.37 bits per heavy atom. The number of carboxylic acids is 1. The van der Waals surface area contributed by atoms with Gasteiger partial charge in [-0.2, -0.15) is 0 Å². The number of carbonyl (C=O) groups is 3. The van der Waals surface area contributed by atoms with Gasteiger partial charge in [-0.25, -0.2) is 4.79 Å². The van der Waals surface area contributed by atoms with Gasteiger partial charge in [0.25, 0.3) is 0 Å². The second-order valence-corrected chi connectivity index (χ2v) is 6.68. The van der Waals surface area contributed by atoms with Gasteiger partial charge in [0, 0.05) is 28.6 Å². The Morgan fingerprint density at radius 3 is 1.96 bits per heavy atom. The molecule has 8 heteroatoms. The highest BCUT2D eigenvalue weighted by Crippen LogP contribution is 2.21. The average molecular weight is 409 g/mol. The van der Waals surface area contributed by atoms with E-state index in [1.165, 1.54) is 18.2 Å². The van der Waals surface area contributed by atoms with E-state index in [9.17, 15) is 14.4 Å². The molecule has 2 rings (SSSR count). The summed E-state index contributed by atoms with van der Waals surface area (Å²) in [5.74, 6) is -1.65. The highest BCUT2D eigenvalue weighted by atomic mass is 35.5. The maximum atomic E-state index is 12.0. The van der Waals surface area contributed by atoms with Crippen molar-refractivity contribution in [3.05, 3.63) is 58.1 Å². The first-order valence-corrected chi connectivity index (χ1v) is 8.99. The fraction of sp³-hybridized carbons (Fsp3) is 0.211. The molecule has 6 nitrogen and oxygen atoms in total. The van der Waals surface area contributed by atoms with Gasteiger partial charge in [-0.15, -0.1) is 0 Å². The number of carbonyl (C=O) groups excluding carboxylic acids is 2. The summed E-state index contributed by atoms with van der Waals surface area (Å²) in [4.78, 5) is 35.0. The molecule has 2 aromatic carbocycles. The van der Waals surface area contributed by atoms with Crippen LogP contribution in [0.3, 0.4) is 0 Å². The zero-order valence-electron chi connectivity index (χ0n) is 14.3. The van der Waals surface area contributed by atoms with E-state index in [-0.39, 0.29) is 40.9 Å². The summed E-state index contributed by atoms with van der Waals surface area (Å²) in [6, 6.07) is 11.0. The predicted molar refractivity (Wildman–Crippen MR) is 106 cm³/mol. The molecule has 0 aliphatic heterocycles. The van der Waals surface area contributed by atoms with Crippen LogP contribution in [0, 0.1) is 0 Å². The molecule has 0 bridgehead atoms. The fourth-order valence-corrected chi connectivity index (χ4v) is 2.64. The van der Waals surface area contributed by atoms with Crippen LogP contribution in [-0.4, -0.2) is 22.9 Å². The van der Waals surface area contributed by atoms with Crippen molar-refractivity contribution in [3.63, 3.8) is 0 Å². The zero-order chi connectivity index (χ0) is 19.8. The monoisotopic (exact) mass is 408 g/mol. The van der Waals surface area contributed by atoms with Gasteiger partial charge < -0.3 is 15.7 Å². The van der Waals surface area contributed by atoms with E-state index in [0.717, 1.165) is 0 Å². The first-order valence-electron chi connectivity index (χ1n) is 8.23. The van der Waals surface area contributed by atoms with Gasteiger partial charge >= 0.3 is 5.97 Å². The summed E-state index contributed by atoms with van der Waals surface area (Å²) in [7, 11) is 0. The summed E-state index contributed by atoms with van der Waals surface area (Å²) >= 11 is 11.6. The van der Waals surface area contributed by atoms with Crippen LogP contribution >= 0.6 is 23.2 Å². The molecule has 0 unspecified atom stereocenters. The van der Waals surface area contributed by atoms with Crippen molar-refractivity contribution in [2.45, 2.75) is 25.7 Å². The molecule has 0 aliphatic rings. The molecular weight excluding hydrogens is 391 g/mol. The molecule has 142 valence electrons. The lowest BCUT2D eigenvalue weighted by molar-refractivity contribution is -0.118. The van der Waals surface area contributed by atoms with E-state index < -0.39 is 5.97 Å². The minimum Gasteiger partial charge on any atom is -0.478 e. The maximum Gasteiger partial charge on any atom is 0.337 e. The van der Waals surface area contributed by atoms with Gasteiger partial charge in [0.15, 0.2) is 0 Å². The molecule has 0 saturated heterocycles. The van der Waals surface area contributed by atoms with E-state index in [0.29, 0.717) is 23.6 Å². The molecule has 27 heavy (non-hydrogen) atoms. The number of hydrogen-bond acceptors (Lipinski definition) is 3. The highest BCUT2D eigenvalue weighted by Gasteiger charge is 2.13. The molecule has 2 amide bonds. The predicted octanol–water partition coefficient (Wildman–Crippen LogP) is 4.83. The number of anilines is 2. The van der Waals surface area contributed by atoms with Crippen LogP contribution < -0.4 is 10.6 Å². The standard InChI is InChI=1S/C19H18Cl2N2O4/c20-12-5-8-14(9-6-12)22-17(24)3-1-2-4-18(25)23-16-10-7-13(21)11-15(16)19(26)27/h5-11H,1-4H2,(H,22,24)(H,23,25)(H,26,27). The third kappa shape index (κ3) is 6.92. The largest absolute Gasteiger partial charge is 0.478 e. The minimum absolute atomic E-state index is 0.0711. The molecule has 0 aromatic heterocycles. The number of nitrogens with one attached hydrogen (secondary N) is 2. The van der Waals surface area contributed by atoms with E-state index in [1.807, 2.05) is 0 Å². The van der Waals surface area contributed by atoms with Gasteiger partial charge in [-0.1, -0.05) is 23.2 Å². The first kappa shape index (κ1) is 20.7. The first-order chi connectivity index (χ1) is 12.8. The van der Waals surface area contributed by atoms with Gasteiger partial charge in [0.05, 0.1) is 11.3 Å². The Bertz CT molecular complexity index is 838. The maximum absolute atomic E-state index is 12.0. The van der Waals surface area contributed by atoms with E-state index in [2.05, 4.69) is 10.6 Å². The molecule has 0 aliphatic carbocycles. The van der Waals surface area contributed by atoms with Crippen molar-refractivity contribution in [3.8, 4) is 0 Å². The number of unbranched alkanes of at least 4 members (excludes halogenated alkanes) is 1. The zero-order valence-corrected chi connectivity index (χ0v) is 15.8. The van der Waals surface area contributed by atoms with Crippen molar-refractivity contribution >= 4 is 52.4 Å². The number of carboxylic acid groups (broad SMARTS) is 1. The molecule has 0 atom stereocenters.